The fourth-order valence-electron chi connectivity index (χ4n) is 1.45. The number of ether oxygens (including phenoxy) is 1. The van der Waals surface area contributed by atoms with Gasteiger partial charge in [0.15, 0.2) is 0 Å². The number of methoxy groups -OCH3 is 1. The summed E-state index contributed by atoms with van der Waals surface area (Å²) in [5.41, 5.74) is 7.76. The van der Waals surface area contributed by atoms with Crippen LogP contribution < -0.4 is 10.5 Å². The Kier molecular flexibility index (Phi) is 3.10. The van der Waals surface area contributed by atoms with Crippen LogP contribution in [0.4, 0.5) is 5.82 Å². The maximum absolute atomic E-state index is 5.66. The number of hydrogen-bond acceptors (Lipinski definition) is 3. The van der Waals surface area contributed by atoms with Crippen LogP contribution >= 0.6 is 15.9 Å². The first-order chi connectivity index (χ1) is 7.70. The molecule has 0 aliphatic heterocycles. The number of nitrogen functional groups attached to an aromatic ring is 1. The monoisotopic (exact) mass is 278 g/mol. The molecule has 4 heteroatoms. The van der Waals surface area contributed by atoms with Gasteiger partial charge >= 0.3 is 0 Å². The summed E-state index contributed by atoms with van der Waals surface area (Å²) in [5.74, 6) is 1.34. The van der Waals surface area contributed by atoms with Crippen molar-refractivity contribution in [1.82, 2.24) is 4.98 Å². The Bertz CT molecular complexity index is 497. The van der Waals surface area contributed by atoms with Crippen LogP contribution in [0.15, 0.2) is 41.0 Å². The molecule has 16 heavy (non-hydrogen) atoms. The highest BCUT2D eigenvalue weighted by Gasteiger charge is 2.04. The van der Waals surface area contributed by atoms with Crippen molar-refractivity contribution in [3.8, 4) is 16.9 Å². The van der Waals surface area contributed by atoms with E-state index in [0.29, 0.717) is 5.82 Å². The van der Waals surface area contributed by atoms with Gasteiger partial charge < -0.3 is 10.5 Å². The molecule has 0 fully saturated rings. The van der Waals surface area contributed by atoms with E-state index in [2.05, 4.69) is 20.9 Å². The van der Waals surface area contributed by atoms with Gasteiger partial charge in [0.2, 0.25) is 0 Å². The number of aromatic nitrogens is 1. The van der Waals surface area contributed by atoms with E-state index in [1.807, 2.05) is 30.3 Å². The van der Waals surface area contributed by atoms with E-state index in [9.17, 15) is 0 Å². The molecule has 2 rings (SSSR count). The van der Waals surface area contributed by atoms with E-state index in [1.54, 1.807) is 13.3 Å². The fourth-order valence-corrected chi connectivity index (χ4v) is 1.89. The average Bonchev–Trinajstić information content (AvgIpc) is 2.32. The topological polar surface area (TPSA) is 48.1 Å². The van der Waals surface area contributed by atoms with Gasteiger partial charge in [0.05, 0.1) is 7.11 Å². The first-order valence-corrected chi connectivity index (χ1v) is 5.55. The van der Waals surface area contributed by atoms with Crippen molar-refractivity contribution in [1.29, 1.82) is 0 Å². The second kappa shape index (κ2) is 4.53. The highest BCUT2D eigenvalue weighted by molar-refractivity contribution is 9.10. The Labute approximate surface area is 102 Å². The van der Waals surface area contributed by atoms with Gasteiger partial charge in [-0.1, -0.05) is 12.1 Å². The standard InChI is InChI=1S/C12H11BrN2O/c1-16-9-4-2-8(3-5-9)10-6-12(14)15-7-11(10)13/h2-7H,1H3,(H2,14,15). The molecule has 0 aliphatic rings. The fraction of sp³-hybridized carbons (Fsp3) is 0.0833. The van der Waals surface area contributed by atoms with E-state index in [1.165, 1.54) is 0 Å². The zero-order chi connectivity index (χ0) is 11.5. The molecule has 1 aromatic heterocycles. The molecule has 0 saturated heterocycles. The third-order valence-corrected chi connectivity index (χ3v) is 2.91. The van der Waals surface area contributed by atoms with Gasteiger partial charge in [-0.05, 0) is 39.7 Å². The van der Waals surface area contributed by atoms with Gasteiger partial charge in [-0.25, -0.2) is 4.98 Å². The average molecular weight is 279 g/mol. The van der Waals surface area contributed by atoms with Crippen LogP contribution in [-0.4, -0.2) is 12.1 Å². The number of nitrogens with two attached hydrogens (primary N) is 1. The molecule has 0 saturated carbocycles. The summed E-state index contributed by atoms with van der Waals surface area (Å²) in [5, 5.41) is 0. The molecule has 0 unspecified atom stereocenters. The zero-order valence-corrected chi connectivity index (χ0v) is 10.4. The van der Waals surface area contributed by atoms with Gasteiger partial charge in [0.25, 0.3) is 0 Å². The number of nitrogens with zero attached hydrogens (tertiary/aromatic N) is 1. The quantitative estimate of drug-likeness (QED) is 0.918. The molecule has 82 valence electrons. The van der Waals surface area contributed by atoms with Crippen molar-refractivity contribution < 1.29 is 4.74 Å². The normalized spacial score (nSPS) is 10.1. The minimum absolute atomic E-state index is 0.508. The van der Waals surface area contributed by atoms with Crippen molar-refractivity contribution >= 4 is 21.7 Å². The third-order valence-electron chi connectivity index (χ3n) is 2.28. The maximum Gasteiger partial charge on any atom is 0.123 e. The molecule has 1 aromatic carbocycles. The number of anilines is 1. The smallest absolute Gasteiger partial charge is 0.123 e. The Balaban J connectivity index is 2.45. The number of benzene rings is 1. The number of halogens is 1. The minimum Gasteiger partial charge on any atom is -0.497 e. The van der Waals surface area contributed by atoms with Gasteiger partial charge in [0.1, 0.15) is 11.6 Å². The van der Waals surface area contributed by atoms with Crippen molar-refractivity contribution in [3.05, 3.63) is 41.0 Å². The molecule has 0 aliphatic carbocycles. The van der Waals surface area contributed by atoms with Crippen LogP contribution in [0.2, 0.25) is 0 Å². The van der Waals surface area contributed by atoms with Crippen LogP contribution in [0, 0.1) is 0 Å². The lowest BCUT2D eigenvalue weighted by Crippen LogP contribution is -1.91. The summed E-state index contributed by atoms with van der Waals surface area (Å²) in [6.45, 7) is 0. The largest absolute Gasteiger partial charge is 0.497 e. The van der Waals surface area contributed by atoms with Crippen LogP contribution in [-0.2, 0) is 0 Å². The maximum atomic E-state index is 5.66. The molecule has 0 bridgehead atoms. The van der Waals surface area contributed by atoms with Crippen LogP contribution in [0.25, 0.3) is 11.1 Å². The van der Waals surface area contributed by atoms with E-state index in [0.717, 1.165) is 21.3 Å². The van der Waals surface area contributed by atoms with Crippen LogP contribution in [0.3, 0.4) is 0 Å². The molecule has 3 nitrogen and oxygen atoms in total. The Morgan fingerprint density at radius 3 is 2.56 bits per heavy atom. The van der Waals surface area contributed by atoms with Gasteiger partial charge in [0, 0.05) is 16.2 Å². The van der Waals surface area contributed by atoms with Crippen molar-refractivity contribution in [2.45, 2.75) is 0 Å². The molecular formula is C12H11BrN2O. The Morgan fingerprint density at radius 1 is 1.25 bits per heavy atom. The van der Waals surface area contributed by atoms with Gasteiger partial charge in [-0.2, -0.15) is 0 Å². The molecule has 0 amide bonds. The summed E-state index contributed by atoms with van der Waals surface area (Å²) >= 11 is 3.45. The Morgan fingerprint density at radius 2 is 1.94 bits per heavy atom. The second-order valence-corrected chi connectivity index (χ2v) is 4.17. The van der Waals surface area contributed by atoms with E-state index in [-0.39, 0.29) is 0 Å². The van der Waals surface area contributed by atoms with Gasteiger partial charge in [-0.3, -0.25) is 0 Å². The van der Waals surface area contributed by atoms with Gasteiger partial charge in [-0.15, -0.1) is 0 Å². The minimum atomic E-state index is 0.508. The lowest BCUT2D eigenvalue weighted by atomic mass is 10.1. The first-order valence-electron chi connectivity index (χ1n) is 4.76. The third kappa shape index (κ3) is 2.17. The van der Waals surface area contributed by atoms with E-state index in [4.69, 9.17) is 10.5 Å². The molecule has 0 atom stereocenters. The molecule has 0 spiro atoms. The summed E-state index contributed by atoms with van der Waals surface area (Å²) < 4.78 is 6.03. The zero-order valence-electron chi connectivity index (χ0n) is 8.77. The number of hydrogen-bond donors (Lipinski definition) is 1. The Hall–Kier alpha value is -1.55. The summed E-state index contributed by atoms with van der Waals surface area (Å²) in [6.07, 6.45) is 1.70. The number of rotatable bonds is 2. The molecular weight excluding hydrogens is 268 g/mol. The summed E-state index contributed by atoms with van der Waals surface area (Å²) in [4.78, 5) is 4.00. The predicted octanol–water partition coefficient (Wildman–Crippen LogP) is 3.10. The molecule has 1 heterocycles. The van der Waals surface area contributed by atoms with Crippen LogP contribution in [0.1, 0.15) is 0 Å². The molecule has 2 aromatic rings. The van der Waals surface area contributed by atoms with Crippen molar-refractivity contribution in [2.24, 2.45) is 0 Å². The van der Waals surface area contributed by atoms with E-state index >= 15 is 0 Å². The molecule has 0 radical (unpaired) electrons. The highest BCUT2D eigenvalue weighted by Crippen LogP contribution is 2.29. The van der Waals surface area contributed by atoms with Crippen molar-refractivity contribution in [3.63, 3.8) is 0 Å². The lowest BCUT2D eigenvalue weighted by Gasteiger charge is -2.06. The lowest BCUT2D eigenvalue weighted by molar-refractivity contribution is 0.415. The van der Waals surface area contributed by atoms with Crippen LogP contribution in [0.5, 0.6) is 5.75 Å². The first kappa shape index (κ1) is 11.0. The highest BCUT2D eigenvalue weighted by atomic mass is 79.9. The number of pyridine rings is 1. The summed E-state index contributed by atoms with van der Waals surface area (Å²) in [6, 6.07) is 9.64. The molecule has 2 N–H and O–H groups in total. The summed E-state index contributed by atoms with van der Waals surface area (Å²) in [7, 11) is 1.65. The predicted molar refractivity (Wildman–Crippen MR) is 68.3 cm³/mol. The second-order valence-electron chi connectivity index (χ2n) is 3.32. The van der Waals surface area contributed by atoms with E-state index < -0.39 is 0 Å². The van der Waals surface area contributed by atoms with Crippen molar-refractivity contribution in [2.75, 3.05) is 12.8 Å². The SMILES string of the molecule is COc1ccc(-c2cc(N)ncc2Br)cc1.